The molecule has 7 nitrogen and oxygen atoms in total. The fourth-order valence-electron chi connectivity index (χ4n) is 2.95. The van der Waals surface area contributed by atoms with Crippen LogP contribution in [-0.4, -0.2) is 67.6 Å². The van der Waals surface area contributed by atoms with Crippen LogP contribution in [0.4, 0.5) is 0 Å². The number of carbonyl (C=O) groups excluding carboxylic acids is 2. The molecule has 0 bridgehead atoms. The molecule has 1 fully saturated rings. The minimum Gasteiger partial charge on any atom is -0.390 e. The zero-order valence-corrected chi connectivity index (χ0v) is 11.0. The van der Waals surface area contributed by atoms with Gasteiger partial charge in [-0.2, -0.15) is 0 Å². The predicted molar refractivity (Wildman–Crippen MR) is 69.4 cm³/mol. The van der Waals surface area contributed by atoms with E-state index in [0.717, 1.165) is 4.90 Å². The Labute approximate surface area is 120 Å². The van der Waals surface area contributed by atoms with Crippen molar-refractivity contribution in [3.05, 3.63) is 35.4 Å². The monoisotopic (exact) mass is 293 g/mol. The van der Waals surface area contributed by atoms with Gasteiger partial charge in [-0.05, 0) is 18.6 Å². The number of hydrogen-bond donors (Lipinski definition) is 4. The first-order valence-electron chi connectivity index (χ1n) is 6.62. The summed E-state index contributed by atoms with van der Waals surface area (Å²) in [6.45, 7) is 0. The van der Waals surface area contributed by atoms with Crippen LogP contribution in [0.2, 0.25) is 0 Å². The summed E-state index contributed by atoms with van der Waals surface area (Å²) in [4.78, 5) is 25.5. The van der Waals surface area contributed by atoms with E-state index in [4.69, 9.17) is 0 Å². The Morgan fingerprint density at radius 1 is 0.857 bits per heavy atom. The normalized spacial score (nSPS) is 36.0. The van der Waals surface area contributed by atoms with Crippen LogP contribution in [0.1, 0.15) is 27.1 Å². The van der Waals surface area contributed by atoms with Gasteiger partial charge in [0.05, 0.1) is 23.3 Å². The Bertz CT molecular complexity index is 568. The number of nitrogens with zero attached hydrogens (tertiary/aromatic N) is 1. The maximum Gasteiger partial charge on any atom is 0.261 e. The molecule has 1 aromatic rings. The molecule has 112 valence electrons. The van der Waals surface area contributed by atoms with Gasteiger partial charge >= 0.3 is 0 Å². The average molecular weight is 293 g/mol. The van der Waals surface area contributed by atoms with Crippen LogP contribution < -0.4 is 0 Å². The van der Waals surface area contributed by atoms with Crippen molar-refractivity contribution in [1.29, 1.82) is 0 Å². The second-order valence-corrected chi connectivity index (χ2v) is 5.37. The number of fused-ring (bicyclic) bond motifs is 1. The molecular weight excluding hydrogens is 278 g/mol. The van der Waals surface area contributed by atoms with E-state index in [1.165, 1.54) is 12.1 Å². The lowest BCUT2D eigenvalue weighted by molar-refractivity contribution is -0.155. The van der Waals surface area contributed by atoms with Crippen molar-refractivity contribution in [2.75, 3.05) is 0 Å². The molecule has 1 aliphatic carbocycles. The van der Waals surface area contributed by atoms with Crippen molar-refractivity contribution in [1.82, 2.24) is 4.90 Å². The van der Waals surface area contributed by atoms with Crippen LogP contribution in [0.25, 0.3) is 0 Å². The molecule has 4 N–H and O–H groups in total. The van der Waals surface area contributed by atoms with Crippen LogP contribution in [0, 0.1) is 0 Å². The molecule has 2 amide bonds. The number of amides is 2. The van der Waals surface area contributed by atoms with Gasteiger partial charge < -0.3 is 20.4 Å². The summed E-state index contributed by atoms with van der Waals surface area (Å²) in [7, 11) is 0. The summed E-state index contributed by atoms with van der Waals surface area (Å²) in [6, 6.07) is 5.18. The van der Waals surface area contributed by atoms with E-state index in [2.05, 4.69) is 0 Å². The second-order valence-electron chi connectivity index (χ2n) is 5.37. The maximum atomic E-state index is 12.3. The summed E-state index contributed by atoms with van der Waals surface area (Å²) in [6.07, 6.45) is -6.15. The Balaban J connectivity index is 1.95. The molecule has 7 heteroatoms. The summed E-state index contributed by atoms with van der Waals surface area (Å²) < 4.78 is 0. The molecule has 0 radical (unpaired) electrons. The van der Waals surface area contributed by atoms with Gasteiger partial charge in [0.2, 0.25) is 0 Å². The van der Waals surface area contributed by atoms with Gasteiger partial charge in [0.15, 0.2) is 0 Å². The summed E-state index contributed by atoms with van der Waals surface area (Å²) in [5.74, 6) is -1.15. The van der Waals surface area contributed by atoms with Crippen molar-refractivity contribution in [2.45, 2.75) is 36.9 Å². The third-order valence-corrected chi connectivity index (χ3v) is 4.13. The smallest absolute Gasteiger partial charge is 0.261 e. The molecule has 1 aliphatic heterocycles. The van der Waals surface area contributed by atoms with Gasteiger partial charge in [0, 0.05) is 0 Å². The number of aliphatic hydroxyl groups excluding tert-OH is 4. The average Bonchev–Trinajstić information content (AvgIpc) is 2.73. The first-order chi connectivity index (χ1) is 9.93. The molecule has 5 atom stereocenters. The molecule has 21 heavy (non-hydrogen) atoms. The lowest BCUT2D eigenvalue weighted by Gasteiger charge is -2.41. The first kappa shape index (κ1) is 14.2. The fraction of sp³-hybridized carbons (Fsp3) is 0.429. The zero-order chi connectivity index (χ0) is 15.3. The van der Waals surface area contributed by atoms with Crippen LogP contribution in [0.5, 0.6) is 0 Å². The zero-order valence-electron chi connectivity index (χ0n) is 11.0. The summed E-state index contributed by atoms with van der Waals surface area (Å²) >= 11 is 0. The molecule has 1 saturated carbocycles. The number of rotatable bonds is 1. The van der Waals surface area contributed by atoms with E-state index < -0.39 is 42.3 Å². The van der Waals surface area contributed by atoms with E-state index >= 15 is 0 Å². The Kier molecular flexibility index (Phi) is 3.29. The molecule has 0 aromatic heterocycles. The van der Waals surface area contributed by atoms with Crippen molar-refractivity contribution in [2.24, 2.45) is 0 Å². The van der Waals surface area contributed by atoms with Gasteiger partial charge in [0.25, 0.3) is 11.8 Å². The van der Waals surface area contributed by atoms with Gasteiger partial charge in [-0.1, -0.05) is 12.1 Å². The second kappa shape index (κ2) is 4.88. The molecule has 0 spiro atoms. The first-order valence-corrected chi connectivity index (χ1v) is 6.62. The highest BCUT2D eigenvalue weighted by molar-refractivity contribution is 6.21. The van der Waals surface area contributed by atoms with E-state index in [0.29, 0.717) is 0 Å². The minimum absolute atomic E-state index is 0.190. The standard InChI is InChI=1S/C14H15NO6/c16-9-5-8(10(17)12(19)11(9)18)15-13(20)6-3-1-2-4-7(6)14(15)21/h1-4,8-12,16-19H,5H2/t8-,9-,10+,11-,12+/m0/s1. The predicted octanol–water partition coefficient (Wildman–Crippen LogP) is -1.50. The Morgan fingerprint density at radius 2 is 1.38 bits per heavy atom. The number of hydrogen-bond acceptors (Lipinski definition) is 6. The number of benzene rings is 1. The van der Waals surface area contributed by atoms with Gasteiger partial charge in [0.1, 0.15) is 18.3 Å². The lowest BCUT2D eigenvalue weighted by Crippen LogP contribution is -2.61. The lowest BCUT2D eigenvalue weighted by atomic mass is 9.84. The van der Waals surface area contributed by atoms with E-state index in [9.17, 15) is 30.0 Å². The van der Waals surface area contributed by atoms with Crippen molar-refractivity contribution in [3.8, 4) is 0 Å². The molecule has 1 heterocycles. The molecule has 0 saturated heterocycles. The van der Waals surface area contributed by atoms with Crippen molar-refractivity contribution < 1.29 is 30.0 Å². The number of aliphatic hydroxyl groups is 4. The maximum absolute atomic E-state index is 12.3. The molecule has 1 aromatic carbocycles. The molecular formula is C14H15NO6. The number of carbonyl (C=O) groups is 2. The van der Waals surface area contributed by atoms with E-state index in [1.54, 1.807) is 12.1 Å². The molecule has 2 aliphatic rings. The summed E-state index contributed by atoms with van der Waals surface area (Å²) in [5, 5.41) is 39.0. The quantitative estimate of drug-likeness (QED) is 0.468. The van der Waals surface area contributed by atoms with Crippen molar-refractivity contribution in [3.63, 3.8) is 0 Å². The van der Waals surface area contributed by atoms with Crippen LogP contribution in [-0.2, 0) is 0 Å². The topological polar surface area (TPSA) is 118 Å². The molecule has 3 rings (SSSR count). The van der Waals surface area contributed by atoms with Crippen LogP contribution in [0.3, 0.4) is 0 Å². The largest absolute Gasteiger partial charge is 0.390 e. The van der Waals surface area contributed by atoms with Crippen molar-refractivity contribution >= 4 is 11.8 Å². The highest BCUT2D eigenvalue weighted by atomic mass is 16.4. The van der Waals surface area contributed by atoms with Gasteiger partial charge in [-0.25, -0.2) is 0 Å². The SMILES string of the molecule is O=C1c2ccccc2C(=O)N1[C@H]1C[C@H](O)[C@H](O)[C@H](O)[C@@H]1O. The third kappa shape index (κ3) is 1.97. The highest BCUT2D eigenvalue weighted by Gasteiger charge is 2.50. The van der Waals surface area contributed by atoms with E-state index in [1.807, 2.05) is 0 Å². The Hall–Kier alpha value is -1.80. The molecule has 0 unspecified atom stereocenters. The van der Waals surface area contributed by atoms with Gasteiger partial charge in [-0.15, -0.1) is 0 Å². The van der Waals surface area contributed by atoms with Crippen LogP contribution >= 0.6 is 0 Å². The fourth-order valence-corrected chi connectivity index (χ4v) is 2.95. The van der Waals surface area contributed by atoms with Crippen LogP contribution in [0.15, 0.2) is 24.3 Å². The third-order valence-electron chi connectivity index (χ3n) is 4.13. The highest BCUT2D eigenvalue weighted by Crippen LogP contribution is 2.31. The van der Waals surface area contributed by atoms with Gasteiger partial charge in [-0.3, -0.25) is 14.5 Å². The summed E-state index contributed by atoms with van der Waals surface area (Å²) in [5.41, 5.74) is 0.453. The minimum atomic E-state index is -1.62. The number of imide groups is 1. The van der Waals surface area contributed by atoms with E-state index in [-0.39, 0.29) is 17.5 Å². The Morgan fingerprint density at radius 3 is 1.90 bits per heavy atom.